The Balaban J connectivity index is 1.73. The van der Waals surface area contributed by atoms with Gasteiger partial charge in [-0.05, 0) is 63.0 Å². The minimum Gasteiger partial charge on any atom is -0.0619 e. The number of benzene rings is 1. The van der Waals surface area contributed by atoms with E-state index in [0.29, 0.717) is 15.6 Å². The van der Waals surface area contributed by atoms with E-state index in [9.17, 15) is 0 Å². The van der Waals surface area contributed by atoms with Gasteiger partial charge >= 0.3 is 0 Å². The van der Waals surface area contributed by atoms with Crippen LogP contribution in [0.3, 0.4) is 0 Å². The minimum atomic E-state index is 0.456. The average molecular weight is 287 g/mol. The maximum absolute atomic E-state index is 2.47. The zero-order valence-electron chi connectivity index (χ0n) is 12.8. The predicted octanol–water partition coefficient (Wildman–Crippen LogP) is 5.04. The second kappa shape index (κ2) is 4.80. The molecule has 5 rings (SSSR count). The molecule has 108 valence electrons. The highest BCUT2D eigenvalue weighted by Crippen LogP contribution is 2.60. The highest BCUT2D eigenvalue weighted by molar-refractivity contribution is 7.98. The fraction of sp³-hybridized carbons (Fsp3) is 0.684. The molecule has 0 spiro atoms. The van der Waals surface area contributed by atoms with Crippen molar-refractivity contribution in [1.29, 1.82) is 0 Å². The fourth-order valence-corrected chi connectivity index (χ4v) is 9.63. The van der Waals surface area contributed by atoms with Crippen molar-refractivity contribution >= 4 is 10.9 Å². The van der Waals surface area contributed by atoms with Crippen LogP contribution < -0.4 is 0 Å². The summed E-state index contributed by atoms with van der Waals surface area (Å²) < 4.78 is 0.671. The van der Waals surface area contributed by atoms with E-state index in [1.807, 2.05) is 0 Å². The summed E-state index contributed by atoms with van der Waals surface area (Å²) in [5, 5.41) is 0.800. The molecule has 0 amide bonds. The molecule has 0 heterocycles. The lowest BCUT2D eigenvalue weighted by Crippen LogP contribution is -2.56. The second-order valence-electron chi connectivity index (χ2n) is 7.80. The van der Waals surface area contributed by atoms with Gasteiger partial charge in [0.05, 0.1) is 0 Å². The van der Waals surface area contributed by atoms with Gasteiger partial charge in [-0.25, -0.2) is 0 Å². The summed E-state index contributed by atoms with van der Waals surface area (Å²) in [6.45, 7) is 4.93. The van der Waals surface area contributed by atoms with Gasteiger partial charge in [-0.15, -0.1) is 0 Å². The molecule has 4 bridgehead atoms. The van der Waals surface area contributed by atoms with E-state index in [2.05, 4.69) is 44.2 Å². The first-order valence-corrected chi connectivity index (χ1v) is 9.73. The van der Waals surface area contributed by atoms with Crippen LogP contribution in [0.2, 0.25) is 0 Å². The molecule has 4 aliphatic carbocycles. The van der Waals surface area contributed by atoms with Gasteiger partial charge in [0.15, 0.2) is 4.90 Å². The van der Waals surface area contributed by atoms with Crippen LogP contribution in [-0.4, -0.2) is 10.00 Å². The fourth-order valence-electron chi connectivity index (χ4n) is 5.89. The Morgan fingerprint density at radius 3 is 1.85 bits per heavy atom. The monoisotopic (exact) mass is 287 g/mol. The van der Waals surface area contributed by atoms with Crippen LogP contribution in [0.5, 0.6) is 0 Å². The molecule has 4 fully saturated rings. The molecule has 4 aliphatic rings. The van der Waals surface area contributed by atoms with Gasteiger partial charge in [-0.2, -0.15) is 0 Å². The molecule has 0 nitrogen and oxygen atoms in total. The van der Waals surface area contributed by atoms with E-state index >= 15 is 0 Å². The van der Waals surface area contributed by atoms with Gasteiger partial charge < -0.3 is 0 Å². The van der Waals surface area contributed by atoms with Crippen molar-refractivity contribution in [2.75, 3.05) is 0 Å². The third-order valence-electron chi connectivity index (χ3n) is 5.92. The molecule has 0 aromatic heterocycles. The van der Waals surface area contributed by atoms with Gasteiger partial charge in [0.2, 0.25) is 0 Å². The standard InChI is InChI=1S/C19H27S/c1-14(2)20(18-6-4-3-5-7-18)19-11-15-8-16(12-19)10-17(9-15)13-19/h3-7,14-17H,8-13H2,1-2H3/q+1. The zero-order chi connectivity index (χ0) is 13.7. The molecular formula is C19H27S+. The van der Waals surface area contributed by atoms with Crippen molar-refractivity contribution in [2.24, 2.45) is 17.8 Å². The van der Waals surface area contributed by atoms with Crippen LogP contribution >= 0.6 is 0 Å². The van der Waals surface area contributed by atoms with Crippen molar-refractivity contribution in [1.82, 2.24) is 0 Å². The molecule has 1 aromatic rings. The summed E-state index contributed by atoms with van der Waals surface area (Å²) in [4.78, 5) is 1.64. The summed E-state index contributed by atoms with van der Waals surface area (Å²) in [5.74, 6) is 3.20. The number of hydrogen-bond acceptors (Lipinski definition) is 0. The topological polar surface area (TPSA) is 0 Å². The first-order chi connectivity index (χ1) is 9.66. The van der Waals surface area contributed by atoms with Gasteiger partial charge in [0, 0.05) is 30.2 Å². The molecule has 1 aromatic carbocycles. The van der Waals surface area contributed by atoms with Crippen LogP contribution in [0.4, 0.5) is 0 Å². The number of rotatable bonds is 3. The Morgan fingerprint density at radius 2 is 1.40 bits per heavy atom. The van der Waals surface area contributed by atoms with Gasteiger partial charge in [-0.3, -0.25) is 0 Å². The number of hydrogen-bond donors (Lipinski definition) is 0. The molecule has 4 saturated carbocycles. The van der Waals surface area contributed by atoms with E-state index in [-0.39, 0.29) is 0 Å². The van der Waals surface area contributed by atoms with Crippen LogP contribution in [-0.2, 0) is 10.9 Å². The first kappa shape index (κ1) is 13.2. The maximum atomic E-state index is 2.47. The summed E-state index contributed by atoms with van der Waals surface area (Å²) >= 11 is 0. The third kappa shape index (κ3) is 2.04. The van der Waals surface area contributed by atoms with Crippen molar-refractivity contribution in [3.8, 4) is 0 Å². The van der Waals surface area contributed by atoms with Gasteiger partial charge in [0.25, 0.3) is 0 Å². The summed E-state index contributed by atoms with van der Waals surface area (Å²) in [6.07, 6.45) is 9.29. The maximum Gasteiger partial charge on any atom is 0.155 e. The average Bonchev–Trinajstić information content (AvgIpc) is 2.37. The largest absolute Gasteiger partial charge is 0.155 e. The minimum absolute atomic E-state index is 0.456. The van der Waals surface area contributed by atoms with E-state index in [1.165, 1.54) is 19.3 Å². The van der Waals surface area contributed by atoms with Crippen LogP contribution in [0.15, 0.2) is 35.2 Å². The zero-order valence-corrected chi connectivity index (χ0v) is 13.7. The van der Waals surface area contributed by atoms with Crippen molar-refractivity contribution < 1.29 is 0 Å². The molecular weight excluding hydrogens is 260 g/mol. The van der Waals surface area contributed by atoms with Crippen molar-refractivity contribution in [3.05, 3.63) is 30.3 Å². The SMILES string of the molecule is CC(C)[S+](c1ccccc1)C12CC3CC(CC(C3)C1)C2. The van der Waals surface area contributed by atoms with Gasteiger partial charge in [0.1, 0.15) is 10.00 Å². The first-order valence-electron chi connectivity index (χ1n) is 8.44. The van der Waals surface area contributed by atoms with E-state index in [0.717, 1.165) is 23.0 Å². The molecule has 0 radical (unpaired) electrons. The molecule has 0 aliphatic heterocycles. The Labute approximate surface area is 126 Å². The summed E-state index contributed by atoms with van der Waals surface area (Å²) in [7, 11) is 0.456. The Bertz CT molecular complexity index is 441. The molecule has 1 atom stereocenters. The third-order valence-corrected chi connectivity index (χ3v) is 9.07. The quantitative estimate of drug-likeness (QED) is 0.683. The smallest absolute Gasteiger partial charge is 0.0619 e. The lowest BCUT2D eigenvalue weighted by Gasteiger charge is -2.55. The van der Waals surface area contributed by atoms with E-state index < -0.39 is 0 Å². The molecule has 1 heteroatoms. The molecule has 1 unspecified atom stereocenters. The summed E-state index contributed by atoms with van der Waals surface area (Å²) in [6, 6.07) is 11.5. The lowest BCUT2D eigenvalue weighted by atomic mass is 9.56. The van der Waals surface area contributed by atoms with Crippen LogP contribution in [0.25, 0.3) is 0 Å². The Kier molecular flexibility index (Phi) is 3.18. The Hall–Kier alpha value is -0.430. The lowest BCUT2D eigenvalue weighted by molar-refractivity contribution is 0.0365. The highest BCUT2D eigenvalue weighted by atomic mass is 32.2. The normalized spacial score (nSPS) is 40.2. The van der Waals surface area contributed by atoms with Gasteiger partial charge in [-0.1, -0.05) is 18.2 Å². The second-order valence-corrected chi connectivity index (χ2v) is 10.8. The summed E-state index contributed by atoms with van der Waals surface area (Å²) in [5.41, 5.74) is 0. The van der Waals surface area contributed by atoms with E-state index in [4.69, 9.17) is 0 Å². The molecule has 20 heavy (non-hydrogen) atoms. The van der Waals surface area contributed by atoms with Crippen LogP contribution in [0, 0.1) is 17.8 Å². The van der Waals surface area contributed by atoms with Crippen LogP contribution in [0.1, 0.15) is 52.4 Å². The van der Waals surface area contributed by atoms with Crippen molar-refractivity contribution in [2.45, 2.75) is 67.3 Å². The van der Waals surface area contributed by atoms with E-state index in [1.54, 1.807) is 24.2 Å². The highest BCUT2D eigenvalue weighted by Gasteiger charge is 2.61. The Morgan fingerprint density at radius 1 is 0.900 bits per heavy atom. The predicted molar refractivity (Wildman–Crippen MR) is 88.1 cm³/mol. The van der Waals surface area contributed by atoms with Crippen molar-refractivity contribution in [3.63, 3.8) is 0 Å². The molecule has 0 N–H and O–H groups in total. The molecule has 0 saturated heterocycles.